The molecule has 0 bridgehead atoms. The van der Waals surface area contributed by atoms with Gasteiger partial charge in [-0.25, -0.2) is 8.42 Å². The lowest BCUT2D eigenvalue weighted by atomic mass is 10.1. The Bertz CT molecular complexity index is 563. The second-order valence-corrected chi connectivity index (χ2v) is 5.23. The van der Waals surface area contributed by atoms with Gasteiger partial charge in [-0.2, -0.15) is 13.2 Å². The summed E-state index contributed by atoms with van der Waals surface area (Å²) in [6.45, 7) is 1.30. The smallest absolute Gasteiger partial charge is 0.366 e. The van der Waals surface area contributed by atoms with Gasteiger partial charge in [0, 0.05) is 5.56 Å². The number of rotatable bonds is 2. The number of hydrogen-bond acceptors (Lipinski definition) is 3. The van der Waals surface area contributed by atoms with Gasteiger partial charge in [0.15, 0.2) is 0 Å². The molecule has 0 saturated heterocycles. The summed E-state index contributed by atoms with van der Waals surface area (Å²) in [6.07, 6.45) is 0. The molecule has 0 heterocycles. The van der Waals surface area contributed by atoms with Crippen LogP contribution in [0, 0.1) is 6.92 Å². The summed E-state index contributed by atoms with van der Waals surface area (Å²) >= 11 is 0. The predicted octanol–water partition coefficient (Wildman–Crippen LogP) is 1.39. The zero-order valence-electron chi connectivity index (χ0n) is 8.58. The van der Waals surface area contributed by atoms with Gasteiger partial charge in [-0.15, -0.1) is 0 Å². The molecule has 0 spiro atoms. The highest BCUT2D eigenvalue weighted by Gasteiger charge is 2.46. The molecule has 0 fully saturated rings. The van der Waals surface area contributed by atoms with Crippen LogP contribution in [0.1, 0.15) is 15.9 Å². The topological polar surface area (TPSA) is 77.2 Å². The minimum absolute atomic E-state index is 0.0221. The third kappa shape index (κ3) is 2.41. The van der Waals surface area contributed by atoms with E-state index < -0.39 is 26.1 Å². The molecule has 0 aromatic heterocycles. The Labute approximate surface area is 95.1 Å². The minimum atomic E-state index is -5.39. The maximum atomic E-state index is 12.2. The summed E-state index contributed by atoms with van der Waals surface area (Å²) in [5, 5.41) is 0. The van der Waals surface area contributed by atoms with E-state index in [0.717, 1.165) is 12.1 Å². The molecule has 0 unspecified atom stereocenters. The zero-order chi connectivity index (χ0) is 13.4. The largest absolute Gasteiger partial charge is 0.501 e. The number of sulfone groups is 1. The van der Waals surface area contributed by atoms with Gasteiger partial charge < -0.3 is 5.73 Å². The van der Waals surface area contributed by atoms with Crippen LogP contribution in [0.15, 0.2) is 23.1 Å². The fourth-order valence-electron chi connectivity index (χ4n) is 1.21. The molecule has 0 aliphatic carbocycles. The van der Waals surface area contributed by atoms with Crippen molar-refractivity contribution >= 4 is 15.7 Å². The molecule has 8 heteroatoms. The number of carbonyl (C=O) groups is 1. The van der Waals surface area contributed by atoms with Crippen molar-refractivity contribution in [2.75, 3.05) is 0 Å². The van der Waals surface area contributed by atoms with Gasteiger partial charge >= 0.3 is 5.51 Å². The summed E-state index contributed by atoms with van der Waals surface area (Å²) in [5.74, 6) is -0.835. The first-order valence-electron chi connectivity index (χ1n) is 4.29. The molecule has 17 heavy (non-hydrogen) atoms. The lowest BCUT2D eigenvalue weighted by molar-refractivity contribution is -0.0436. The van der Waals surface area contributed by atoms with Crippen molar-refractivity contribution < 1.29 is 26.4 Å². The van der Waals surface area contributed by atoms with Gasteiger partial charge in [0.2, 0.25) is 5.91 Å². The molecule has 94 valence electrons. The SMILES string of the molecule is Cc1cc(S(=O)(=O)C(F)(F)F)ccc1C(N)=O. The van der Waals surface area contributed by atoms with Crippen molar-refractivity contribution in [3.63, 3.8) is 0 Å². The fourth-order valence-corrected chi connectivity index (χ4v) is 2.06. The Kier molecular flexibility index (Phi) is 3.19. The molecule has 1 aromatic carbocycles. The lowest BCUT2D eigenvalue weighted by Crippen LogP contribution is -2.23. The number of carbonyl (C=O) groups excluding carboxylic acids is 1. The lowest BCUT2D eigenvalue weighted by Gasteiger charge is -2.09. The van der Waals surface area contributed by atoms with E-state index in [4.69, 9.17) is 5.73 Å². The van der Waals surface area contributed by atoms with Crippen LogP contribution in [0.2, 0.25) is 0 Å². The Morgan fingerprint density at radius 2 is 1.82 bits per heavy atom. The predicted molar refractivity (Wildman–Crippen MR) is 52.9 cm³/mol. The van der Waals surface area contributed by atoms with Gasteiger partial charge in [-0.05, 0) is 30.7 Å². The number of aryl methyl sites for hydroxylation is 1. The van der Waals surface area contributed by atoms with Gasteiger partial charge in [-0.3, -0.25) is 4.79 Å². The number of alkyl halides is 3. The molecule has 0 aliphatic rings. The molecule has 0 radical (unpaired) electrons. The highest BCUT2D eigenvalue weighted by atomic mass is 32.2. The van der Waals surface area contributed by atoms with Crippen molar-refractivity contribution in [2.45, 2.75) is 17.3 Å². The van der Waals surface area contributed by atoms with Crippen LogP contribution >= 0.6 is 0 Å². The molecule has 0 atom stereocenters. The molecule has 4 nitrogen and oxygen atoms in total. The Morgan fingerprint density at radius 3 is 2.18 bits per heavy atom. The molecule has 0 saturated carbocycles. The van der Waals surface area contributed by atoms with E-state index in [1.54, 1.807) is 0 Å². The highest BCUT2D eigenvalue weighted by molar-refractivity contribution is 7.92. The first kappa shape index (κ1) is 13.5. The van der Waals surface area contributed by atoms with E-state index >= 15 is 0 Å². The standard InChI is InChI=1S/C9H8F3NO3S/c1-5-4-6(2-3-7(5)8(13)14)17(15,16)9(10,11)12/h2-4H,1H3,(H2,13,14). The van der Waals surface area contributed by atoms with Crippen molar-refractivity contribution in [2.24, 2.45) is 5.73 Å². The number of nitrogens with two attached hydrogens (primary N) is 1. The van der Waals surface area contributed by atoms with E-state index in [9.17, 15) is 26.4 Å². The van der Waals surface area contributed by atoms with Crippen LogP contribution in [-0.2, 0) is 9.84 Å². The number of hydrogen-bond donors (Lipinski definition) is 1. The number of halogens is 3. The van der Waals surface area contributed by atoms with E-state index in [0.29, 0.717) is 6.07 Å². The molecule has 1 aromatic rings. The summed E-state index contributed by atoms with van der Waals surface area (Å²) in [4.78, 5) is 9.92. The van der Waals surface area contributed by atoms with Crippen LogP contribution in [0.5, 0.6) is 0 Å². The van der Waals surface area contributed by atoms with Crippen LogP contribution in [0.25, 0.3) is 0 Å². The third-order valence-corrected chi connectivity index (χ3v) is 3.56. The Balaban J connectivity index is 3.39. The average Bonchev–Trinajstić information content (AvgIpc) is 2.14. The fraction of sp³-hybridized carbons (Fsp3) is 0.222. The van der Waals surface area contributed by atoms with Gasteiger partial charge in [0.25, 0.3) is 9.84 Å². The number of primary amides is 1. The summed E-state index contributed by atoms with van der Waals surface area (Å²) in [6, 6.07) is 2.43. The summed E-state index contributed by atoms with van der Waals surface area (Å²) in [7, 11) is -5.39. The summed E-state index contributed by atoms with van der Waals surface area (Å²) < 4.78 is 58.8. The zero-order valence-corrected chi connectivity index (χ0v) is 9.39. The first-order chi connectivity index (χ1) is 7.57. The van der Waals surface area contributed by atoms with E-state index in [2.05, 4.69) is 0 Å². The molecule has 0 aliphatic heterocycles. The van der Waals surface area contributed by atoms with Crippen LogP contribution in [0.3, 0.4) is 0 Å². The van der Waals surface area contributed by atoms with Gasteiger partial charge in [-0.1, -0.05) is 0 Å². The van der Waals surface area contributed by atoms with Crippen LogP contribution in [0.4, 0.5) is 13.2 Å². The average molecular weight is 267 g/mol. The van der Waals surface area contributed by atoms with Crippen molar-refractivity contribution in [1.82, 2.24) is 0 Å². The van der Waals surface area contributed by atoms with E-state index in [-0.39, 0.29) is 11.1 Å². The molecule has 2 N–H and O–H groups in total. The number of benzene rings is 1. The minimum Gasteiger partial charge on any atom is -0.366 e. The highest BCUT2D eigenvalue weighted by Crippen LogP contribution is 2.30. The Hall–Kier alpha value is -1.57. The maximum absolute atomic E-state index is 12.2. The summed E-state index contributed by atoms with van der Waals surface area (Å²) in [5.41, 5.74) is -0.369. The van der Waals surface area contributed by atoms with Gasteiger partial charge in [0.05, 0.1) is 4.90 Å². The third-order valence-electron chi connectivity index (χ3n) is 2.08. The van der Waals surface area contributed by atoms with Crippen LogP contribution < -0.4 is 5.73 Å². The normalized spacial score (nSPS) is 12.5. The maximum Gasteiger partial charge on any atom is 0.501 e. The van der Waals surface area contributed by atoms with Crippen LogP contribution in [-0.4, -0.2) is 19.8 Å². The quantitative estimate of drug-likeness (QED) is 0.879. The van der Waals surface area contributed by atoms with Crippen molar-refractivity contribution in [3.05, 3.63) is 29.3 Å². The monoisotopic (exact) mass is 267 g/mol. The van der Waals surface area contributed by atoms with E-state index in [1.165, 1.54) is 6.92 Å². The number of amides is 1. The molecular formula is C9H8F3NO3S. The van der Waals surface area contributed by atoms with Crippen molar-refractivity contribution in [1.29, 1.82) is 0 Å². The van der Waals surface area contributed by atoms with Crippen molar-refractivity contribution in [3.8, 4) is 0 Å². The van der Waals surface area contributed by atoms with Gasteiger partial charge in [0.1, 0.15) is 0 Å². The molecular weight excluding hydrogens is 259 g/mol. The molecule has 1 amide bonds. The Morgan fingerprint density at radius 1 is 1.29 bits per heavy atom. The molecule has 1 rings (SSSR count). The first-order valence-corrected chi connectivity index (χ1v) is 5.77. The second-order valence-electron chi connectivity index (χ2n) is 3.29. The second kappa shape index (κ2) is 4.02. The van der Waals surface area contributed by atoms with E-state index in [1.807, 2.05) is 0 Å².